The fraction of sp³-hybridized carbons (Fsp3) is 0.375. The third-order valence-electron chi connectivity index (χ3n) is 5.50. The number of nitrogens with one attached hydrogen (secondary N) is 1. The summed E-state index contributed by atoms with van der Waals surface area (Å²) in [5.41, 5.74) is 3.09. The van der Waals surface area contributed by atoms with E-state index in [0.29, 0.717) is 42.2 Å². The number of rotatable bonds is 9. The zero-order valence-electron chi connectivity index (χ0n) is 17.7. The Balaban J connectivity index is 1.48. The molecule has 1 amide bonds. The Hall–Kier alpha value is -2.64. The molecule has 4 rings (SSSR count). The summed E-state index contributed by atoms with van der Waals surface area (Å²) >= 11 is 1.31. The molecule has 0 bridgehead atoms. The maximum atomic E-state index is 13.0. The van der Waals surface area contributed by atoms with Crippen molar-refractivity contribution in [3.63, 3.8) is 0 Å². The Morgan fingerprint density at radius 2 is 2.03 bits per heavy atom. The fourth-order valence-corrected chi connectivity index (χ4v) is 4.83. The molecule has 0 fully saturated rings. The van der Waals surface area contributed by atoms with E-state index in [-0.39, 0.29) is 23.3 Å². The Bertz CT molecular complexity index is 1130. The SMILES string of the molecule is CCOCCCn1c(SCC(=O)N[C@H]2CCc3ccccc32)nc2ccccc2c1=O. The predicted molar refractivity (Wildman–Crippen MR) is 123 cm³/mol. The lowest BCUT2D eigenvalue weighted by molar-refractivity contribution is -0.119. The Labute approximate surface area is 186 Å². The highest BCUT2D eigenvalue weighted by Gasteiger charge is 2.23. The molecule has 0 saturated carbocycles. The number of hydrogen-bond donors (Lipinski definition) is 1. The van der Waals surface area contributed by atoms with E-state index in [4.69, 9.17) is 4.74 Å². The second-order valence-electron chi connectivity index (χ2n) is 7.57. The van der Waals surface area contributed by atoms with E-state index in [9.17, 15) is 9.59 Å². The van der Waals surface area contributed by atoms with Crippen LogP contribution in [0.15, 0.2) is 58.5 Å². The quantitative estimate of drug-likeness (QED) is 0.314. The van der Waals surface area contributed by atoms with Crippen molar-refractivity contribution in [1.82, 2.24) is 14.9 Å². The molecule has 1 N–H and O–H groups in total. The lowest BCUT2D eigenvalue weighted by Crippen LogP contribution is -2.29. The summed E-state index contributed by atoms with van der Waals surface area (Å²) in [6, 6.07) is 15.7. The number of fused-ring (bicyclic) bond motifs is 2. The van der Waals surface area contributed by atoms with Gasteiger partial charge >= 0.3 is 0 Å². The number of aromatic nitrogens is 2. The lowest BCUT2D eigenvalue weighted by Gasteiger charge is -2.15. The van der Waals surface area contributed by atoms with Crippen molar-refractivity contribution < 1.29 is 9.53 Å². The number of aryl methyl sites for hydroxylation is 1. The Morgan fingerprint density at radius 1 is 1.23 bits per heavy atom. The molecule has 0 aliphatic heterocycles. The molecule has 6 nitrogen and oxygen atoms in total. The summed E-state index contributed by atoms with van der Waals surface area (Å²) in [4.78, 5) is 30.4. The number of para-hydroxylation sites is 1. The summed E-state index contributed by atoms with van der Waals surface area (Å²) in [5.74, 6) is 0.171. The van der Waals surface area contributed by atoms with Gasteiger partial charge in [-0.15, -0.1) is 0 Å². The van der Waals surface area contributed by atoms with Crippen molar-refractivity contribution in [3.05, 3.63) is 70.0 Å². The summed E-state index contributed by atoms with van der Waals surface area (Å²) in [6.07, 6.45) is 2.62. The van der Waals surface area contributed by atoms with Crippen LogP contribution in [0.25, 0.3) is 10.9 Å². The molecular formula is C24H27N3O3S. The molecule has 1 atom stereocenters. The molecule has 3 aromatic rings. The summed E-state index contributed by atoms with van der Waals surface area (Å²) < 4.78 is 7.09. The van der Waals surface area contributed by atoms with E-state index < -0.39 is 0 Å². The number of amides is 1. The van der Waals surface area contributed by atoms with E-state index >= 15 is 0 Å². The number of carbonyl (C=O) groups is 1. The molecular weight excluding hydrogens is 410 g/mol. The highest BCUT2D eigenvalue weighted by molar-refractivity contribution is 7.99. The lowest BCUT2D eigenvalue weighted by atomic mass is 10.1. The normalized spacial score (nSPS) is 15.2. The van der Waals surface area contributed by atoms with Crippen molar-refractivity contribution >= 4 is 28.6 Å². The zero-order chi connectivity index (χ0) is 21.6. The number of ether oxygens (including phenoxy) is 1. The van der Waals surface area contributed by atoms with Gasteiger partial charge in [-0.25, -0.2) is 4.98 Å². The van der Waals surface area contributed by atoms with Gasteiger partial charge in [0.1, 0.15) is 0 Å². The van der Waals surface area contributed by atoms with Gasteiger partial charge in [0.15, 0.2) is 5.16 Å². The van der Waals surface area contributed by atoms with Crippen LogP contribution in [-0.2, 0) is 22.5 Å². The molecule has 0 saturated heterocycles. The van der Waals surface area contributed by atoms with Crippen LogP contribution in [-0.4, -0.2) is 34.4 Å². The molecule has 1 heterocycles. The average Bonchev–Trinajstić information content (AvgIpc) is 3.19. The first-order valence-corrected chi connectivity index (χ1v) is 11.7. The minimum Gasteiger partial charge on any atom is -0.382 e. The summed E-state index contributed by atoms with van der Waals surface area (Å²) in [5, 5.41) is 4.31. The van der Waals surface area contributed by atoms with E-state index in [1.165, 1.54) is 22.9 Å². The first kappa shape index (κ1) is 21.6. The minimum atomic E-state index is -0.0743. The summed E-state index contributed by atoms with van der Waals surface area (Å²) in [6.45, 7) is 3.70. The fourth-order valence-electron chi connectivity index (χ4n) is 4.00. The number of carbonyl (C=O) groups excluding carboxylic acids is 1. The monoisotopic (exact) mass is 437 g/mol. The van der Waals surface area contributed by atoms with Crippen LogP contribution in [0, 0.1) is 0 Å². The minimum absolute atomic E-state index is 0.0463. The van der Waals surface area contributed by atoms with Crippen molar-refractivity contribution in [2.75, 3.05) is 19.0 Å². The highest BCUT2D eigenvalue weighted by atomic mass is 32.2. The molecule has 1 aliphatic rings. The highest BCUT2D eigenvalue weighted by Crippen LogP contribution is 2.30. The topological polar surface area (TPSA) is 73.2 Å². The molecule has 162 valence electrons. The molecule has 2 aromatic carbocycles. The van der Waals surface area contributed by atoms with Crippen LogP contribution in [0.2, 0.25) is 0 Å². The van der Waals surface area contributed by atoms with Crippen LogP contribution >= 0.6 is 11.8 Å². The largest absolute Gasteiger partial charge is 0.382 e. The van der Waals surface area contributed by atoms with Crippen LogP contribution < -0.4 is 10.9 Å². The summed E-state index contributed by atoms with van der Waals surface area (Å²) in [7, 11) is 0. The second-order valence-corrected chi connectivity index (χ2v) is 8.51. The van der Waals surface area contributed by atoms with Gasteiger partial charge in [0.05, 0.1) is 22.7 Å². The van der Waals surface area contributed by atoms with Gasteiger partial charge in [-0.2, -0.15) is 0 Å². The smallest absolute Gasteiger partial charge is 0.262 e. The maximum absolute atomic E-state index is 13.0. The van der Waals surface area contributed by atoms with Crippen LogP contribution in [0.4, 0.5) is 0 Å². The van der Waals surface area contributed by atoms with Crippen molar-refractivity contribution in [1.29, 1.82) is 0 Å². The van der Waals surface area contributed by atoms with Crippen LogP contribution in [0.5, 0.6) is 0 Å². The van der Waals surface area contributed by atoms with Gasteiger partial charge < -0.3 is 10.1 Å². The number of benzene rings is 2. The van der Waals surface area contributed by atoms with Crippen LogP contribution in [0.1, 0.15) is 36.9 Å². The number of hydrogen-bond acceptors (Lipinski definition) is 5. The van der Waals surface area contributed by atoms with Gasteiger partial charge in [0.25, 0.3) is 5.56 Å². The Morgan fingerprint density at radius 3 is 2.90 bits per heavy atom. The standard InChI is InChI=1S/C24H27N3O3S/c1-2-30-15-7-14-27-23(29)19-10-5-6-11-20(19)26-24(27)31-16-22(28)25-21-13-12-17-8-3-4-9-18(17)21/h3-6,8-11,21H,2,7,12-16H2,1H3,(H,25,28)/t21-/m0/s1. The van der Waals surface area contributed by atoms with E-state index in [1.54, 1.807) is 10.6 Å². The van der Waals surface area contributed by atoms with Gasteiger partial charge in [-0.3, -0.25) is 14.2 Å². The third kappa shape index (κ3) is 4.99. The predicted octanol–water partition coefficient (Wildman–Crippen LogP) is 3.72. The third-order valence-corrected chi connectivity index (χ3v) is 6.48. The van der Waals surface area contributed by atoms with Gasteiger partial charge in [0.2, 0.25) is 5.91 Å². The molecule has 1 aromatic heterocycles. The first-order valence-electron chi connectivity index (χ1n) is 10.7. The molecule has 0 radical (unpaired) electrons. The first-order chi connectivity index (χ1) is 15.2. The average molecular weight is 438 g/mol. The van der Waals surface area contributed by atoms with Crippen molar-refractivity contribution in [2.24, 2.45) is 0 Å². The van der Waals surface area contributed by atoms with Gasteiger partial charge in [-0.05, 0) is 49.4 Å². The Kier molecular flexibility index (Phi) is 7.04. The molecule has 7 heteroatoms. The maximum Gasteiger partial charge on any atom is 0.262 e. The molecule has 31 heavy (non-hydrogen) atoms. The van der Waals surface area contributed by atoms with Crippen molar-refractivity contribution in [3.8, 4) is 0 Å². The molecule has 1 aliphatic carbocycles. The van der Waals surface area contributed by atoms with Gasteiger partial charge in [-0.1, -0.05) is 48.2 Å². The molecule has 0 spiro atoms. The van der Waals surface area contributed by atoms with E-state index in [2.05, 4.69) is 22.4 Å². The van der Waals surface area contributed by atoms with E-state index in [1.807, 2.05) is 37.3 Å². The number of nitrogens with zero attached hydrogens (tertiary/aromatic N) is 2. The van der Waals surface area contributed by atoms with Crippen LogP contribution in [0.3, 0.4) is 0 Å². The van der Waals surface area contributed by atoms with E-state index in [0.717, 1.165) is 12.8 Å². The molecule has 0 unspecified atom stereocenters. The van der Waals surface area contributed by atoms with Crippen molar-refractivity contribution in [2.45, 2.75) is 43.9 Å². The zero-order valence-corrected chi connectivity index (χ0v) is 18.5. The van der Waals surface area contributed by atoms with Gasteiger partial charge in [0, 0.05) is 19.8 Å². The number of thioether (sulfide) groups is 1. The second kappa shape index (κ2) is 10.1.